The van der Waals surface area contributed by atoms with E-state index < -0.39 is 11.7 Å². The molecule has 0 saturated carbocycles. The Bertz CT molecular complexity index is 970. The number of nitrogens with zero attached hydrogens (tertiary/aromatic N) is 1. The summed E-state index contributed by atoms with van der Waals surface area (Å²) in [6.07, 6.45) is 0.0570. The molecule has 0 spiro atoms. The number of ether oxygens (including phenoxy) is 1. The SMILES string of the molecule is COC(=O)C[C@H]1CCN([C@H](CCC(C)C)c2ccc(C=O)cc2)[C@H](c2ccc(C(F)(F)F)cc2)C1. The highest BCUT2D eigenvalue weighted by molar-refractivity contribution is 5.74. The molecule has 2 aromatic rings. The number of halogens is 3. The van der Waals surface area contributed by atoms with E-state index in [2.05, 4.69) is 18.7 Å². The maximum absolute atomic E-state index is 13.2. The molecule has 0 amide bonds. The molecular formula is C28H34F3NO3. The van der Waals surface area contributed by atoms with Gasteiger partial charge in [-0.3, -0.25) is 14.5 Å². The van der Waals surface area contributed by atoms with Crippen LogP contribution in [0.3, 0.4) is 0 Å². The van der Waals surface area contributed by atoms with Gasteiger partial charge in [-0.05, 0) is 67.3 Å². The zero-order valence-corrected chi connectivity index (χ0v) is 20.6. The van der Waals surface area contributed by atoms with Crippen LogP contribution in [-0.2, 0) is 15.7 Å². The number of hydrogen-bond acceptors (Lipinski definition) is 4. The van der Waals surface area contributed by atoms with Crippen molar-refractivity contribution >= 4 is 12.3 Å². The van der Waals surface area contributed by atoms with E-state index in [4.69, 9.17) is 4.74 Å². The highest BCUT2D eigenvalue weighted by Crippen LogP contribution is 2.43. The molecule has 0 N–H and O–H groups in total. The van der Waals surface area contributed by atoms with Gasteiger partial charge in [-0.25, -0.2) is 0 Å². The van der Waals surface area contributed by atoms with E-state index in [0.29, 0.717) is 30.9 Å². The Balaban J connectivity index is 1.97. The standard InChI is InChI=1S/C28H34F3NO3/c1-19(2)4-13-25(22-7-5-20(18-33)6-8-22)32-15-14-21(17-27(34)35-3)16-26(32)23-9-11-24(12-10-23)28(29,30)31/h5-12,18-19,21,25-26H,4,13-17H2,1-3H3/t21-,25+,26-/m0/s1. The van der Waals surface area contributed by atoms with Crippen molar-refractivity contribution in [3.05, 3.63) is 70.8 Å². The number of carbonyl (C=O) groups excluding carboxylic acids is 2. The Kier molecular flexibility index (Phi) is 9.11. The van der Waals surface area contributed by atoms with Crippen molar-refractivity contribution in [1.82, 2.24) is 4.90 Å². The summed E-state index contributed by atoms with van der Waals surface area (Å²) in [6, 6.07) is 12.9. The molecule has 0 aromatic heterocycles. The number of aldehydes is 1. The lowest BCUT2D eigenvalue weighted by Gasteiger charge is -2.44. The summed E-state index contributed by atoms with van der Waals surface area (Å²) in [5, 5.41) is 0. The summed E-state index contributed by atoms with van der Waals surface area (Å²) in [4.78, 5) is 25.5. The minimum atomic E-state index is -4.39. The number of piperidine rings is 1. The number of rotatable bonds is 9. The number of benzene rings is 2. The normalized spacial score (nSPS) is 20.0. The molecule has 1 saturated heterocycles. The number of hydrogen-bond donors (Lipinski definition) is 0. The minimum Gasteiger partial charge on any atom is -0.469 e. The number of likely N-dealkylation sites (tertiary alicyclic amines) is 1. The zero-order valence-electron chi connectivity index (χ0n) is 20.6. The van der Waals surface area contributed by atoms with E-state index in [1.54, 1.807) is 12.1 Å². The van der Waals surface area contributed by atoms with Crippen molar-refractivity contribution in [2.24, 2.45) is 11.8 Å². The Labute approximate surface area is 205 Å². The van der Waals surface area contributed by atoms with Crippen LogP contribution in [0.4, 0.5) is 13.2 Å². The fourth-order valence-corrected chi connectivity index (χ4v) is 4.97. The first-order chi connectivity index (χ1) is 16.6. The second kappa shape index (κ2) is 11.8. The van der Waals surface area contributed by atoms with Crippen LogP contribution in [0.15, 0.2) is 48.5 Å². The van der Waals surface area contributed by atoms with Crippen LogP contribution < -0.4 is 0 Å². The van der Waals surface area contributed by atoms with Gasteiger partial charge in [0, 0.05) is 24.1 Å². The summed E-state index contributed by atoms with van der Waals surface area (Å²) in [5.41, 5.74) is 1.83. The van der Waals surface area contributed by atoms with Crippen LogP contribution in [0, 0.1) is 11.8 Å². The second-order valence-corrected chi connectivity index (χ2v) is 9.82. The lowest BCUT2D eigenvalue weighted by Crippen LogP contribution is -2.40. The van der Waals surface area contributed by atoms with Crippen molar-refractivity contribution in [3.8, 4) is 0 Å². The maximum atomic E-state index is 13.2. The van der Waals surface area contributed by atoms with Gasteiger partial charge in [0.25, 0.3) is 0 Å². The van der Waals surface area contributed by atoms with Gasteiger partial charge in [-0.1, -0.05) is 50.2 Å². The third kappa shape index (κ3) is 7.17. The molecule has 190 valence electrons. The molecule has 3 atom stereocenters. The number of methoxy groups -OCH3 is 1. The third-order valence-corrected chi connectivity index (χ3v) is 6.93. The van der Waals surface area contributed by atoms with Crippen molar-refractivity contribution in [2.45, 2.75) is 64.2 Å². The van der Waals surface area contributed by atoms with Gasteiger partial charge >= 0.3 is 12.1 Å². The Morgan fingerprint density at radius 1 is 1.09 bits per heavy atom. The summed E-state index contributed by atoms with van der Waals surface area (Å²) in [6.45, 7) is 5.05. The third-order valence-electron chi connectivity index (χ3n) is 6.93. The molecule has 0 bridgehead atoms. The van der Waals surface area contributed by atoms with Gasteiger partial charge in [0.2, 0.25) is 0 Å². The lowest BCUT2D eigenvalue weighted by atomic mass is 9.82. The molecule has 4 nitrogen and oxygen atoms in total. The summed E-state index contributed by atoms with van der Waals surface area (Å²) in [5.74, 6) is 0.317. The van der Waals surface area contributed by atoms with E-state index >= 15 is 0 Å². The van der Waals surface area contributed by atoms with E-state index in [1.807, 2.05) is 24.3 Å². The Hall–Kier alpha value is -2.67. The molecular weight excluding hydrogens is 455 g/mol. The molecule has 1 aliphatic heterocycles. The van der Waals surface area contributed by atoms with Crippen LogP contribution in [-0.4, -0.2) is 30.8 Å². The number of alkyl halides is 3. The largest absolute Gasteiger partial charge is 0.469 e. The molecule has 35 heavy (non-hydrogen) atoms. The zero-order chi connectivity index (χ0) is 25.6. The molecule has 0 unspecified atom stereocenters. The van der Waals surface area contributed by atoms with Crippen LogP contribution >= 0.6 is 0 Å². The van der Waals surface area contributed by atoms with E-state index in [-0.39, 0.29) is 24.0 Å². The fourth-order valence-electron chi connectivity index (χ4n) is 4.97. The van der Waals surface area contributed by atoms with Gasteiger partial charge in [-0.2, -0.15) is 13.2 Å². The van der Waals surface area contributed by atoms with E-state index in [0.717, 1.165) is 48.8 Å². The molecule has 2 aromatic carbocycles. The highest BCUT2D eigenvalue weighted by atomic mass is 19.4. The Morgan fingerprint density at radius 3 is 2.29 bits per heavy atom. The van der Waals surface area contributed by atoms with Crippen molar-refractivity contribution in [2.75, 3.05) is 13.7 Å². The molecule has 0 aliphatic carbocycles. The van der Waals surface area contributed by atoms with Crippen LogP contribution in [0.2, 0.25) is 0 Å². The summed E-state index contributed by atoms with van der Waals surface area (Å²) >= 11 is 0. The highest BCUT2D eigenvalue weighted by Gasteiger charge is 2.36. The summed E-state index contributed by atoms with van der Waals surface area (Å²) in [7, 11) is 1.37. The van der Waals surface area contributed by atoms with Gasteiger partial charge in [-0.15, -0.1) is 0 Å². The molecule has 1 aliphatic rings. The van der Waals surface area contributed by atoms with Crippen LogP contribution in [0.25, 0.3) is 0 Å². The van der Waals surface area contributed by atoms with Gasteiger partial charge in [0.15, 0.2) is 0 Å². The number of esters is 1. The second-order valence-electron chi connectivity index (χ2n) is 9.82. The van der Waals surface area contributed by atoms with Gasteiger partial charge < -0.3 is 4.74 Å². The smallest absolute Gasteiger partial charge is 0.416 e. The summed E-state index contributed by atoms with van der Waals surface area (Å²) < 4.78 is 44.4. The Morgan fingerprint density at radius 2 is 1.74 bits per heavy atom. The number of carbonyl (C=O) groups is 2. The quantitative estimate of drug-likeness (QED) is 0.281. The van der Waals surface area contributed by atoms with Gasteiger partial charge in [0.05, 0.1) is 12.7 Å². The molecule has 7 heteroatoms. The first-order valence-corrected chi connectivity index (χ1v) is 12.2. The predicted molar refractivity (Wildman–Crippen MR) is 129 cm³/mol. The fraction of sp³-hybridized carbons (Fsp3) is 0.500. The first-order valence-electron chi connectivity index (χ1n) is 12.2. The maximum Gasteiger partial charge on any atom is 0.416 e. The van der Waals surface area contributed by atoms with Crippen LogP contribution in [0.1, 0.15) is 85.1 Å². The molecule has 3 rings (SSSR count). The first kappa shape index (κ1) is 26.9. The predicted octanol–water partition coefficient (Wildman–Crippen LogP) is 7.01. The molecule has 1 fully saturated rings. The van der Waals surface area contributed by atoms with E-state index in [9.17, 15) is 22.8 Å². The van der Waals surface area contributed by atoms with Gasteiger partial charge in [0.1, 0.15) is 6.29 Å². The van der Waals surface area contributed by atoms with Crippen molar-refractivity contribution in [1.29, 1.82) is 0 Å². The minimum absolute atomic E-state index is 0.0458. The average Bonchev–Trinajstić information content (AvgIpc) is 2.84. The van der Waals surface area contributed by atoms with Crippen LogP contribution in [0.5, 0.6) is 0 Å². The van der Waals surface area contributed by atoms with Crippen molar-refractivity contribution in [3.63, 3.8) is 0 Å². The lowest BCUT2D eigenvalue weighted by molar-refractivity contribution is -0.142. The molecule has 0 radical (unpaired) electrons. The topological polar surface area (TPSA) is 46.6 Å². The van der Waals surface area contributed by atoms with E-state index in [1.165, 1.54) is 7.11 Å². The molecule has 1 heterocycles. The van der Waals surface area contributed by atoms with Crippen molar-refractivity contribution < 1.29 is 27.5 Å². The monoisotopic (exact) mass is 489 g/mol. The average molecular weight is 490 g/mol.